The monoisotopic (exact) mass is 233 g/mol. The molecule has 0 saturated heterocycles. The lowest BCUT2D eigenvalue weighted by atomic mass is 10.1. The summed E-state index contributed by atoms with van der Waals surface area (Å²) in [7, 11) is -3.60. The number of hydrogen-bond donors (Lipinski definition) is 3. The Kier molecular flexibility index (Phi) is 3.83. The Labute approximate surface area is 88.8 Å². The van der Waals surface area contributed by atoms with Gasteiger partial charge >= 0.3 is 0 Å². The predicted molar refractivity (Wildman–Crippen MR) is 54.6 cm³/mol. The van der Waals surface area contributed by atoms with Crippen LogP contribution in [0.25, 0.3) is 0 Å². The van der Waals surface area contributed by atoms with E-state index < -0.39 is 16.1 Å². The normalized spacial score (nSPS) is 14.4. The molecule has 1 atom stereocenters. The largest absolute Gasteiger partial charge is 0.395 e. The number of nitrogens with zero attached hydrogens (tertiary/aromatic N) is 1. The van der Waals surface area contributed by atoms with E-state index in [2.05, 4.69) is 14.9 Å². The van der Waals surface area contributed by atoms with Crippen molar-refractivity contribution >= 4 is 10.0 Å². The molecule has 6 nitrogen and oxygen atoms in total. The summed E-state index contributed by atoms with van der Waals surface area (Å²) in [6, 6.07) is 0.871. The van der Waals surface area contributed by atoms with Gasteiger partial charge in [-0.25, -0.2) is 13.1 Å². The lowest BCUT2D eigenvalue weighted by Gasteiger charge is -2.18. The standard InChI is InChI=1S/C8H15N3O3S/c1-6(2)7(5-12)11-15(13,14)8-3-4-9-10-8/h3-4,6-7,11-12H,5H2,1-2H3,(H,9,10)/t7-/m1/s1. The van der Waals surface area contributed by atoms with Crippen LogP contribution in [0.1, 0.15) is 13.8 Å². The highest BCUT2D eigenvalue weighted by molar-refractivity contribution is 7.89. The Morgan fingerprint density at radius 3 is 2.67 bits per heavy atom. The van der Waals surface area contributed by atoms with Crippen LogP contribution in [-0.2, 0) is 10.0 Å². The van der Waals surface area contributed by atoms with Gasteiger partial charge in [0.05, 0.1) is 12.8 Å². The molecule has 0 unspecified atom stereocenters. The van der Waals surface area contributed by atoms with Crippen molar-refractivity contribution in [1.82, 2.24) is 14.9 Å². The molecule has 1 aromatic rings. The summed E-state index contributed by atoms with van der Waals surface area (Å²) in [5, 5.41) is 14.9. The lowest BCUT2D eigenvalue weighted by molar-refractivity contribution is 0.227. The number of aliphatic hydroxyl groups is 1. The van der Waals surface area contributed by atoms with Crippen LogP contribution in [0.2, 0.25) is 0 Å². The van der Waals surface area contributed by atoms with Gasteiger partial charge in [-0.3, -0.25) is 5.10 Å². The lowest BCUT2D eigenvalue weighted by Crippen LogP contribution is -2.41. The smallest absolute Gasteiger partial charge is 0.257 e. The Bertz CT molecular complexity index is 385. The molecule has 1 heterocycles. The first-order valence-corrected chi connectivity index (χ1v) is 6.08. The summed E-state index contributed by atoms with van der Waals surface area (Å²) in [4.78, 5) is 0. The predicted octanol–water partition coefficient (Wildman–Crippen LogP) is -0.295. The zero-order valence-electron chi connectivity index (χ0n) is 8.64. The van der Waals surface area contributed by atoms with Crippen LogP contribution in [0, 0.1) is 5.92 Å². The van der Waals surface area contributed by atoms with Gasteiger partial charge in [-0.05, 0) is 12.0 Å². The van der Waals surface area contributed by atoms with Crippen molar-refractivity contribution in [2.45, 2.75) is 24.9 Å². The average molecular weight is 233 g/mol. The second-order valence-corrected chi connectivity index (χ2v) is 5.26. The molecule has 3 N–H and O–H groups in total. The number of rotatable bonds is 5. The minimum absolute atomic E-state index is 0.00148. The van der Waals surface area contributed by atoms with E-state index in [0.717, 1.165) is 0 Å². The maximum absolute atomic E-state index is 11.7. The van der Waals surface area contributed by atoms with Crippen LogP contribution in [-0.4, -0.2) is 36.4 Å². The molecule has 0 aromatic carbocycles. The van der Waals surface area contributed by atoms with E-state index in [1.54, 1.807) is 0 Å². The van der Waals surface area contributed by atoms with Gasteiger partial charge in [0.1, 0.15) is 0 Å². The first kappa shape index (κ1) is 12.2. The van der Waals surface area contributed by atoms with Crippen LogP contribution in [0.3, 0.4) is 0 Å². The minimum Gasteiger partial charge on any atom is -0.395 e. The number of hydrogen-bond acceptors (Lipinski definition) is 4. The van der Waals surface area contributed by atoms with Crippen LogP contribution in [0.5, 0.6) is 0 Å². The number of sulfonamides is 1. The van der Waals surface area contributed by atoms with E-state index in [1.165, 1.54) is 12.3 Å². The van der Waals surface area contributed by atoms with Crippen molar-refractivity contribution in [3.05, 3.63) is 12.3 Å². The quantitative estimate of drug-likeness (QED) is 0.651. The molecular weight excluding hydrogens is 218 g/mol. The number of nitrogens with one attached hydrogen (secondary N) is 2. The highest BCUT2D eigenvalue weighted by Crippen LogP contribution is 2.07. The first-order valence-electron chi connectivity index (χ1n) is 4.60. The molecule has 15 heavy (non-hydrogen) atoms. The average Bonchev–Trinajstić information content (AvgIpc) is 2.67. The second-order valence-electron chi connectivity index (χ2n) is 3.58. The molecule has 86 valence electrons. The van der Waals surface area contributed by atoms with Gasteiger partial charge < -0.3 is 5.11 Å². The fraction of sp³-hybridized carbons (Fsp3) is 0.625. The van der Waals surface area contributed by atoms with Crippen LogP contribution in [0.4, 0.5) is 0 Å². The van der Waals surface area contributed by atoms with Crippen LogP contribution in [0.15, 0.2) is 17.3 Å². The molecule has 0 saturated carbocycles. The zero-order chi connectivity index (χ0) is 11.5. The van der Waals surface area contributed by atoms with E-state index in [0.29, 0.717) is 0 Å². The molecule has 0 aliphatic carbocycles. The molecule has 1 aromatic heterocycles. The summed E-state index contributed by atoms with van der Waals surface area (Å²) in [6.45, 7) is 3.43. The van der Waals surface area contributed by atoms with Crippen molar-refractivity contribution in [3.8, 4) is 0 Å². The fourth-order valence-corrected chi connectivity index (χ4v) is 2.32. The third-order valence-electron chi connectivity index (χ3n) is 2.07. The first-order chi connectivity index (χ1) is 6.97. The van der Waals surface area contributed by atoms with Gasteiger partial charge in [0.25, 0.3) is 10.0 Å². The topological polar surface area (TPSA) is 95.1 Å². The molecule has 0 aliphatic rings. The van der Waals surface area contributed by atoms with Gasteiger partial charge in [0.2, 0.25) is 0 Å². The third-order valence-corrected chi connectivity index (χ3v) is 3.49. The van der Waals surface area contributed by atoms with E-state index in [4.69, 9.17) is 5.11 Å². The number of H-pyrrole nitrogens is 1. The Morgan fingerprint density at radius 2 is 2.27 bits per heavy atom. The maximum Gasteiger partial charge on any atom is 0.257 e. The van der Waals surface area contributed by atoms with E-state index in [9.17, 15) is 8.42 Å². The number of aromatic amines is 1. The van der Waals surface area contributed by atoms with Crippen LogP contribution < -0.4 is 4.72 Å². The molecular formula is C8H15N3O3S. The van der Waals surface area contributed by atoms with E-state index in [1.807, 2.05) is 13.8 Å². The Balaban J connectivity index is 2.81. The highest BCUT2D eigenvalue weighted by Gasteiger charge is 2.22. The van der Waals surface area contributed by atoms with E-state index in [-0.39, 0.29) is 17.6 Å². The molecule has 0 fully saturated rings. The van der Waals surface area contributed by atoms with Gasteiger partial charge in [-0.1, -0.05) is 13.8 Å². The molecule has 0 radical (unpaired) electrons. The number of aromatic nitrogens is 2. The second kappa shape index (κ2) is 4.73. The summed E-state index contributed by atoms with van der Waals surface area (Å²) in [6.07, 6.45) is 1.36. The number of aliphatic hydroxyl groups excluding tert-OH is 1. The van der Waals surface area contributed by atoms with Crippen molar-refractivity contribution in [2.24, 2.45) is 5.92 Å². The van der Waals surface area contributed by atoms with Crippen molar-refractivity contribution in [1.29, 1.82) is 0 Å². The van der Waals surface area contributed by atoms with Gasteiger partial charge in [0, 0.05) is 6.04 Å². The van der Waals surface area contributed by atoms with Crippen molar-refractivity contribution in [2.75, 3.05) is 6.61 Å². The SMILES string of the molecule is CC(C)[C@@H](CO)NS(=O)(=O)c1ccn[nH]1. The zero-order valence-corrected chi connectivity index (χ0v) is 9.45. The van der Waals surface area contributed by atoms with Gasteiger partial charge in [-0.2, -0.15) is 5.10 Å². The summed E-state index contributed by atoms with van der Waals surface area (Å²) in [5.41, 5.74) is 0. The third kappa shape index (κ3) is 3.01. The molecule has 7 heteroatoms. The van der Waals surface area contributed by atoms with E-state index >= 15 is 0 Å². The Hall–Kier alpha value is -0.920. The minimum atomic E-state index is -3.60. The molecule has 0 amide bonds. The highest BCUT2D eigenvalue weighted by atomic mass is 32.2. The summed E-state index contributed by atoms with van der Waals surface area (Å²) >= 11 is 0. The maximum atomic E-state index is 11.7. The van der Waals surface area contributed by atoms with Crippen molar-refractivity contribution < 1.29 is 13.5 Å². The molecule has 0 aliphatic heterocycles. The van der Waals surface area contributed by atoms with Crippen LogP contribution >= 0.6 is 0 Å². The fourth-order valence-electron chi connectivity index (χ4n) is 1.04. The van der Waals surface area contributed by atoms with Gasteiger partial charge in [-0.15, -0.1) is 0 Å². The van der Waals surface area contributed by atoms with Gasteiger partial charge in [0.15, 0.2) is 5.03 Å². The molecule has 0 spiro atoms. The molecule has 0 bridgehead atoms. The summed E-state index contributed by atoms with van der Waals surface area (Å²) < 4.78 is 25.7. The van der Waals surface area contributed by atoms with Crippen molar-refractivity contribution in [3.63, 3.8) is 0 Å². The summed E-state index contributed by atoms with van der Waals surface area (Å²) in [5.74, 6) is 0.0210. The molecule has 1 rings (SSSR count). The Morgan fingerprint density at radius 1 is 1.60 bits per heavy atom.